The van der Waals surface area contributed by atoms with Crippen LogP contribution in [-0.2, 0) is 29.9 Å². The molecule has 13 aromatic rings. The molecule has 459 valence electrons. The minimum atomic E-state index is 0. The summed E-state index contributed by atoms with van der Waals surface area (Å²) in [6.07, 6.45) is 8.70. The van der Waals surface area contributed by atoms with Gasteiger partial charge >= 0.3 is 17.1 Å². The zero-order valence-corrected chi connectivity index (χ0v) is 53.3. The van der Waals surface area contributed by atoms with Crippen molar-refractivity contribution in [3.05, 3.63) is 132 Å². The third-order valence-electron chi connectivity index (χ3n) is 18.1. The van der Waals surface area contributed by atoms with Gasteiger partial charge in [-0.2, -0.15) is 0 Å². The van der Waals surface area contributed by atoms with E-state index in [1.807, 2.05) is 24.3 Å². The number of hydrogen-bond donors (Lipinski definition) is 0. The van der Waals surface area contributed by atoms with Crippen LogP contribution >= 0.6 is 0 Å². The van der Waals surface area contributed by atoms with Gasteiger partial charge in [-0.05, 0) is 106 Å². The fraction of sp³-hybridized carbons (Fsp3) is 0.263. The maximum Gasteiger partial charge on any atom is 2.00 e. The van der Waals surface area contributed by atoms with Gasteiger partial charge < -0.3 is 58.3 Å². The maximum atomic E-state index is 7.09. The molecule has 10 aromatic carbocycles. The van der Waals surface area contributed by atoms with Crippen LogP contribution < -0.4 is 38.4 Å². The Hall–Kier alpha value is -9.56. The van der Waals surface area contributed by atoms with Crippen LogP contribution in [0.4, 0.5) is 0 Å². The maximum absolute atomic E-state index is 7.09. The zero-order chi connectivity index (χ0) is 61.3. The van der Waals surface area contributed by atoms with Gasteiger partial charge in [0.15, 0.2) is 0 Å². The summed E-state index contributed by atoms with van der Waals surface area (Å²) in [6.45, 7) is 9.70. The van der Waals surface area contributed by atoms with Gasteiger partial charge in [0, 0.05) is 76.5 Å². The van der Waals surface area contributed by atoms with Crippen molar-refractivity contribution in [2.24, 2.45) is 0 Å². The molecule has 5 heterocycles. The largest absolute Gasteiger partial charge is 2.00 e. The van der Waals surface area contributed by atoms with E-state index in [2.05, 4.69) is 125 Å². The molecular weight excluding hydrogens is 1180 g/mol. The topological polar surface area (TPSA) is 161 Å². The predicted octanol–water partition coefficient (Wildman–Crippen LogP) is 18.1. The molecule has 8 bridgehead atoms. The first-order chi connectivity index (χ1) is 44.3. The zero-order valence-electron chi connectivity index (χ0n) is 52.4. The first-order valence-electron chi connectivity index (χ1n) is 31.7. The molecule has 3 aromatic heterocycles. The second-order valence-electron chi connectivity index (χ2n) is 23.4. The quantitative estimate of drug-likeness (QED) is 0.0453. The Morgan fingerprint density at radius 2 is 0.604 bits per heavy atom. The molecular formula is C76H68CuN8O6. The number of nitrogens with zero attached hydrogens (tertiary/aromatic N) is 8. The molecule has 91 heavy (non-hydrogen) atoms. The number of hydrogen-bond acceptors (Lipinski definition) is 12. The molecule has 1 radical (unpaired) electrons. The fourth-order valence-electron chi connectivity index (χ4n) is 13.9. The van der Waals surface area contributed by atoms with Crippen LogP contribution in [0, 0.1) is 0 Å². The number of unbranched alkanes of at least 4 members (excludes halogenated alkanes) is 4. The van der Waals surface area contributed by atoms with Crippen molar-refractivity contribution >= 4 is 109 Å². The summed E-state index contributed by atoms with van der Waals surface area (Å²) in [7, 11) is 6.79. The van der Waals surface area contributed by atoms with Crippen molar-refractivity contribution < 1.29 is 45.5 Å². The number of ether oxygens (including phenoxy) is 6. The molecule has 2 aliphatic rings. The normalized spacial score (nSPS) is 12.0. The number of aromatic nitrogens is 8. The van der Waals surface area contributed by atoms with E-state index in [1.165, 1.54) is 0 Å². The molecule has 0 fully saturated rings. The monoisotopic (exact) mass is 1250 g/mol. The number of fused-ring (bicyclic) bond motifs is 26. The molecule has 0 amide bonds. The summed E-state index contributed by atoms with van der Waals surface area (Å²) in [4.78, 5) is 45.4. The van der Waals surface area contributed by atoms with E-state index in [4.69, 9.17) is 68.3 Å². The van der Waals surface area contributed by atoms with E-state index < -0.39 is 0 Å². The molecule has 2 aliphatic heterocycles. The van der Waals surface area contributed by atoms with Crippen molar-refractivity contribution in [1.82, 2.24) is 39.9 Å². The second kappa shape index (κ2) is 24.3. The van der Waals surface area contributed by atoms with Gasteiger partial charge in [0.25, 0.3) is 0 Å². The van der Waals surface area contributed by atoms with Crippen molar-refractivity contribution in [1.29, 1.82) is 0 Å². The van der Waals surface area contributed by atoms with Crippen LogP contribution in [0.15, 0.2) is 121 Å². The summed E-state index contributed by atoms with van der Waals surface area (Å²) in [5, 5.41) is 14.5. The number of methoxy groups -OCH3 is 4. The van der Waals surface area contributed by atoms with Gasteiger partial charge in [0.05, 0.1) is 87.2 Å². The minimum Gasteiger partial charge on any atom is -0.495 e. The van der Waals surface area contributed by atoms with Crippen molar-refractivity contribution in [2.45, 2.75) is 91.9 Å². The van der Waals surface area contributed by atoms with E-state index >= 15 is 0 Å². The van der Waals surface area contributed by atoms with Gasteiger partial charge in [0.2, 0.25) is 0 Å². The summed E-state index contributed by atoms with van der Waals surface area (Å²) < 4.78 is 40.8. The van der Waals surface area contributed by atoms with Gasteiger partial charge in [-0.25, -0.2) is 9.97 Å². The van der Waals surface area contributed by atoms with Crippen LogP contribution in [0.2, 0.25) is 0 Å². The average molecular weight is 1250 g/mol. The SMILES string of the molecule is CCCCOc1c2ccccc2c(CCCC)c2c3nc4nc(nc5[n-]c(nc6nc(nc([n-]3)c12)-c1c-6c(OC)c2cc3ccccc3cc2c1OC)c1c(OCCCC)c2ccccc2c(CCCC)c51)-c1c-4c(OC)c2cc3ccccc3cc2c1OC.[Cu+2]. The third kappa shape index (κ3) is 9.48. The molecule has 14 nitrogen and oxygen atoms in total. The van der Waals surface area contributed by atoms with Gasteiger partial charge in [0.1, 0.15) is 34.5 Å². The van der Waals surface area contributed by atoms with E-state index in [1.54, 1.807) is 28.4 Å². The van der Waals surface area contributed by atoms with Gasteiger partial charge in [-0.3, -0.25) is 0 Å². The number of aryl methyl sites for hydroxylation is 2. The summed E-state index contributed by atoms with van der Waals surface area (Å²) >= 11 is 0. The molecule has 0 N–H and O–H groups in total. The Morgan fingerprint density at radius 3 is 0.901 bits per heavy atom. The Bertz CT molecular complexity index is 4970. The molecule has 0 spiro atoms. The van der Waals surface area contributed by atoms with Crippen LogP contribution in [0.1, 0.15) is 90.2 Å². The fourth-order valence-corrected chi connectivity index (χ4v) is 13.9. The Balaban J connectivity index is 0.00000721. The van der Waals surface area contributed by atoms with Gasteiger partial charge in [-0.1, -0.05) is 150 Å². The second-order valence-corrected chi connectivity index (χ2v) is 23.4. The Labute approximate surface area is 537 Å². The smallest absolute Gasteiger partial charge is 0.495 e. The molecule has 15 heteroatoms. The molecule has 15 rings (SSSR count). The number of benzene rings is 10. The van der Waals surface area contributed by atoms with E-state index in [9.17, 15) is 0 Å². The first-order valence-corrected chi connectivity index (χ1v) is 31.7. The van der Waals surface area contributed by atoms with E-state index in [0.29, 0.717) is 127 Å². The first kappa shape index (κ1) is 59.1. The molecule has 0 saturated carbocycles. The van der Waals surface area contributed by atoms with Crippen LogP contribution in [0.25, 0.3) is 154 Å². The van der Waals surface area contributed by atoms with E-state index in [-0.39, 0.29) is 17.1 Å². The van der Waals surface area contributed by atoms with Crippen molar-refractivity contribution in [3.63, 3.8) is 0 Å². The van der Waals surface area contributed by atoms with Crippen LogP contribution in [-0.4, -0.2) is 71.6 Å². The summed E-state index contributed by atoms with van der Waals surface area (Å²) in [6, 6.07) is 42.2. The van der Waals surface area contributed by atoms with Gasteiger partial charge in [-0.15, -0.1) is 0 Å². The number of rotatable bonds is 18. The summed E-state index contributed by atoms with van der Waals surface area (Å²) in [5.74, 6) is 4.86. The minimum absolute atomic E-state index is 0. The van der Waals surface area contributed by atoms with Crippen molar-refractivity contribution in [2.75, 3.05) is 41.7 Å². The predicted molar refractivity (Wildman–Crippen MR) is 363 cm³/mol. The molecule has 0 aliphatic carbocycles. The summed E-state index contributed by atoms with van der Waals surface area (Å²) in [5.41, 5.74) is 6.08. The third-order valence-corrected chi connectivity index (χ3v) is 18.1. The molecule has 0 unspecified atom stereocenters. The van der Waals surface area contributed by atoms with Crippen LogP contribution in [0.5, 0.6) is 34.5 Å². The van der Waals surface area contributed by atoms with E-state index in [0.717, 1.165) is 151 Å². The molecule has 0 atom stereocenters. The Morgan fingerprint density at radius 1 is 0.319 bits per heavy atom. The van der Waals surface area contributed by atoms with Crippen LogP contribution in [0.3, 0.4) is 0 Å². The molecule has 0 saturated heterocycles. The average Bonchev–Trinajstić information content (AvgIpc) is 1.64. The van der Waals surface area contributed by atoms with Crippen molar-refractivity contribution in [3.8, 4) is 80.0 Å². The standard InChI is InChI=1S/C76H68N8O6.Cu/c1-9-13-29-47-45-31-21-23-33-49(45)67(89-35-15-11-3)57-55(47)69-77-71(57)81-75-61-62(66(88-8)54-40-44-28-20-19-27-43(44)39-53(54)65(61)87-7)76(84-75)82-72-58-56(48(30-14-10-2)46-32-22-24-34-50(46)68(58)90-36-16-12-4)70(78-72)80-74-60-59(73(79-69)83-74)63(85-5)51-37-41-25-17-18-26-42(41)38-52(51)64(60)86-6;/h17-28,31-34,37-40H,9-16,29-30,35-36H2,1-8H3;/q-2;+2. The Kier molecular flexibility index (Phi) is 15.8.